The van der Waals surface area contributed by atoms with Crippen molar-refractivity contribution in [3.63, 3.8) is 0 Å². The van der Waals surface area contributed by atoms with Crippen LogP contribution in [-0.4, -0.2) is 24.9 Å². The van der Waals surface area contributed by atoms with Crippen molar-refractivity contribution in [3.8, 4) is 78.9 Å². The van der Waals surface area contributed by atoms with Gasteiger partial charge in [-0.3, -0.25) is 9.97 Å². The molecule has 0 radical (unpaired) electrons. The molecule has 8 rings (SSSR count). The zero-order chi connectivity index (χ0) is 32.1. The van der Waals surface area contributed by atoms with Crippen molar-refractivity contribution in [2.75, 3.05) is 0 Å². The summed E-state index contributed by atoms with van der Waals surface area (Å²) in [6.07, 6.45) is 3.64. The van der Waals surface area contributed by atoms with Gasteiger partial charge in [0.25, 0.3) is 0 Å². The molecular formula is C43H29N5. The van der Waals surface area contributed by atoms with E-state index in [0.717, 1.165) is 73.1 Å². The Bertz CT molecular complexity index is 2210. The van der Waals surface area contributed by atoms with Gasteiger partial charge in [-0.25, -0.2) is 15.0 Å². The second-order valence-corrected chi connectivity index (χ2v) is 11.4. The quantitative estimate of drug-likeness (QED) is 0.178. The van der Waals surface area contributed by atoms with Crippen molar-refractivity contribution in [2.24, 2.45) is 0 Å². The van der Waals surface area contributed by atoms with Gasteiger partial charge >= 0.3 is 0 Å². The van der Waals surface area contributed by atoms with Gasteiger partial charge in [0, 0.05) is 29.1 Å². The van der Waals surface area contributed by atoms with E-state index in [1.165, 1.54) is 0 Å². The van der Waals surface area contributed by atoms with Crippen LogP contribution in [0.2, 0.25) is 0 Å². The molecule has 0 N–H and O–H groups in total. The van der Waals surface area contributed by atoms with Crippen LogP contribution in [0, 0.1) is 0 Å². The Kier molecular flexibility index (Phi) is 7.83. The number of hydrogen-bond donors (Lipinski definition) is 0. The van der Waals surface area contributed by atoms with Crippen molar-refractivity contribution in [3.05, 3.63) is 176 Å². The van der Waals surface area contributed by atoms with Crippen LogP contribution in [0.15, 0.2) is 176 Å². The van der Waals surface area contributed by atoms with Crippen molar-refractivity contribution < 1.29 is 0 Å². The highest BCUT2D eigenvalue weighted by atomic mass is 14.9. The Morgan fingerprint density at radius 1 is 0.271 bits per heavy atom. The lowest BCUT2D eigenvalue weighted by Gasteiger charge is -2.14. The number of benzene rings is 4. The first-order valence-corrected chi connectivity index (χ1v) is 15.8. The average molecular weight is 616 g/mol. The minimum atomic E-state index is 0.682. The number of pyridine rings is 3. The average Bonchev–Trinajstić information content (AvgIpc) is 3.19. The number of nitrogens with zero attached hydrogens (tertiary/aromatic N) is 5. The molecule has 0 aliphatic rings. The van der Waals surface area contributed by atoms with Gasteiger partial charge in [-0.1, -0.05) is 121 Å². The van der Waals surface area contributed by atoms with Gasteiger partial charge in [0.05, 0.1) is 34.2 Å². The Morgan fingerprint density at radius 2 is 0.833 bits per heavy atom. The lowest BCUT2D eigenvalue weighted by Crippen LogP contribution is -1.97. The van der Waals surface area contributed by atoms with E-state index in [-0.39, 0.29) is 0 Å². The molecule has 5 heteroatoms. The molecule has 0 aliphatic heterocycles. The normalized spacial score (nSPS) is 10.9. The standard InChI is InChI=1S/C43H29N5/c1-4-14-30(15-5-1)34-27-41(37-22-12-13-24-44-37)46-42(28-34)40-26-33(23-25-45-40)35-20-10-11-21-36(35)39-29-38(31-16-6-2-7-17-31)47-43(48-39)32-18-8-3-9-19-32/h1-29H. The van der Waals surface area contributed by atoms with Crippen LogP contribution >= 0.6 is 0 Å². The zero-order valence-corrected chi connectivity index (χ0v) is 26.0. The molecule has 0 fully saturated rings. The monoisotopic (exact) mass is 615 g/mol. The highest BCUT2D eigenvalue weighted by molar-refractivity contribution is 5.85. The smallest absolute Gasteiger partial charge is 0.160 e. The number of rotatable bonds is 7. The molecule has 0 amide bonds. The van der Waals surface area contributed by atoms with Crippen molar-refractivity contribution in [1.82, 2.24) is 24.9 Å². The van der Waals surface area contributed by atoms with Crippen molar-refractivity contribution in [1.29, 1.82) is 0 Å². The van der Waals surface area contributed by atoms with Gasteiger partial charge in [0.2, 0.25) is 0 Å². The molecule has 0 bridgehead atoms. The Labute approximate surface area is 279 Å². The van der Waals surface area contributed by atoms with E-state index in [4.69, 9.17) is 19.9 Å². The summed E-state index contributed by atoms with van der Waals surface area (Å²) >= 11 is 0. The van der Waals surface area contributed by atoms with Crippen molar-refractivity contribution in [2.45, 2.75) is 0 Å². The predicted octanol–water partition coefficient (Wildman–Crippen LogP) is 10.3. The molecule has 5 nitrogen and oxygen atoms in total. The van der Waals surface area contributed by atoms with Crippen LogP contribution in [0.4, 0.5) is 0 Å². The van der Waals surface area contributed by atoms with E-state index >= 15 is 0 Å². The lowest BCUT2D eigenvalue weighted by molar-refractivity contribution is 1.18. The summed E-state index contributed by atoms with van der Waals surface area (Å²) < 4.78 is 0. The maximum atomic E-state index is 5.11. The third kappa shape index (κ3) is 6.00. The summed E-state index contributed by atoms with van der Waals surface area (Å²) in [6.45, 7) is 0. The van der Waals surface area contributed by atoms with Crippen LogP contribution in [0.3, 0.4) is 0 Å². The van der Waals surface area contributed by atoms with Gasteiger partial charge in [0.15, 0.2) is 5.82 Å². The van der Waals surface area contributed by atoms with E-state index in [1.54, 1.807) is 6.20 Å². The van der Waals surface area contributed by atoms with Crippen LogP contribution in [0.5, 0.6) is 0 Å². The summed E-state index contributed by atoms with van der Waals surface area (Å²) in [5.41, 5.74) is 12.1. The molecule has 0 saturated carbocycles. The molecule has 0 saturated heterocycles. The maximum Gasteiger partial charge on any atom is 0.160 e. The number of aromatic nitrogens is 5. The first-order valence-electron chi connectivity index (χ1n) is 15.8. The van der Waals surface area contributed by atoms with Crippen LogP contribution < -0.4 is 0 Å². The summed E-state index contributed by atoms with van der Waals surface area (Å²) in [4.78, 5) is 24.6. The molecule has 4 aromatic heterocycles. The SMILES string of the molecule is c1ccc(-c2cc(-c3ccccn3)nc(-c3cc(-c4ccccc4-c4cc(-c5ccccc5)nc(-c5ccccc5)n4)ccn3)c2)cc1. The van der Waals surface area contributed by atoms with E-state index in [2.05, 4.69) is 77.8 Å². The third-order valence-corrected chi connectivity index (χ3v) is 8.22. The molecule has 48 heavy (non-hydrogen) atoms. The molecule has 226 valence electrons. The fraction of sp³-hybridized carbons (Fsp3) is 0. The van der Waals surface area contributed by atoms with Gasteiger partial charge in [-0.15, -0.1) is 0 Å². The molecule has 0 spiro atoms. The molecule has 4 heterocycles. The van der Waals surface area contributed by atoms with Crippen LogP contribution in [-0.2, 0) is 0 Å². The minimum absolute atomic E-state index is 0.682. The summed E-state index contributed by atoms with van der Waals surface area (Å²) in [7, 11) is 0. The predicted molar refractivity (Wildman–Crippen MR) is 193 cm³/mol. The lowest BCUT2D eigenvalue weighted by atomic mass is 9.96. The van der Waals surface area contributed by atoms with Crippen LogP contribution in [0.1, 0.15) is 0 Å². The summed E-state index contributed by atoms with van der Waals surface area (Å²) in [5, 5.41) is 0. The molecule has 0 aliphatic carbocycles. The van der Waals surface area contributed by atoms with E-state index in [0.29, 0.717) is 5.82 Å². The van der Waals surface area contributed by atoms with Gasteiger partial charge in [-0.2, -0.15) is 0 Å². The van der Waals surface area contributed by atoms with E-state index < -0.39 is 0 Å². The second kappa shape index (κ2) is 13.0. The second-order valence-electron chi connectivity index (χ2n) is 11.4. The minimum Gasteiger partial charge on any atom is -0.255 e. The highest BCUT2D eigenvalue weighted by Crippen LogP contribution is 2.36. The Hall–Kier alpha value is -6.59. The first kappa shape index (κ1) is 28.9. The zero-order valence-electron chi connectivity index (χ0n) is 26.0. The molecule has 0 unspecified atom stereocenters. The third-order valence-electron chi connectivity index (χ3n) is 8.22. The molecule has 8 aromatic rings. The summed E-state index contributed by atoms with van der Waals surface area (Å²) in [5.74, 6) is 0.682. The maximum absolute atomic E-state index is 5.11. The van der Waals surface area contributed by atoms with Gasteiger partial charge in [-0.05, 0) is 64.7 Å². The molecule has 0 atom stereocenters. The first-order chi connectivity index (χ1) is 23.8. The van der Waals surface area contributed by atoms with Crippen molar-refractivity contribution >= 4 is 0 Å². The van der Waals surface area contributed by atoms with Crippen LogP contribution in [0.25, 0.3) is 78.9 Å². The molecule has 4 aromatic carbocycles. The fourth-order valence-electron chi connectivity index (χ4n) is 5.86. The van der Waals surface area contributed by atoms with E-state index in [1.807, 2.05) is 97.2 Å². The van der Waals surface area contributed by atoms with E-state index in [9.17, 15) is 0 Å². The topological polar surface area (TPSA) is 64.5 Å². The molecular weight excluding hydrogens is 587 g/mol. The number of hydrogen-bond acceptors (Lipinski definition) is 5. The Balaban J connectivity index is 1.26. The fourth-order valence-corrected chi connectivity index (χ4v) is 5.86. The van der Waals surface area contributed by atoms with Gasteiger partial charge < -0.3 is 0 Å². The highest BCUT2D eigenvalue weighted by Gasteiger charge is 2.16. The largest absolute Gasteiger partial charge is 0.255 e. The van der Waals surface area contributed by atoms with Gasteiger partial charge in [0.1, 0.15) is 0 Å². The Morgan fingerprint density at radius 3 is 1.54 bits per heavy atom. The summed E-state index contributed by atoms with van der Waals surface area (Å²) in [6, 6.07) is 55.4.